The smallest absolute Gasteiger partial charge is 0.120 e. The molecule has 0 amide bonds. The summed E-state index contributed by atoms with van der Waals surface area (Å²) in [4.78, 5) is 2.52. The molecule has 1 fully saturated rings. The summed E-state index contributed by atoms with van der Waals surface area (Å²) < 4.78 is 0. The van der Waals surface area contributed by atoms with Crippen molar-refractivity contribution >= 4 is 0 Å². The molecule has 2 N–H and O–H groups in total. The molecule has 0 spiro atoms. The lowest BCUT2D eigenvalue weighted by molar-refractivity contribution is 0.168. The number of nitrogens with one attached hydrogen (secondary N) is 1. The van der Waals surface area contributed by atoms with Crippen molar-refractivity contribution < 1.29 is 5.11 Å². The number of hydrogen-bond acceptors (Lipinski definition) is 3. The van der Waals surface area contributed by atoms with Gasteiger partial charge in [0.25, 0.3) is 0 Å². The summed E-state index contributed by atoms with van der Waals surface area (Å²) in [6.45, 7) is 8.88. The molecule has 1 aromatic carbocycles. The molecule has 0 aromatic heterocycles. The second-order valence-electron chi connectivity index (χ2n) is 5.57. The third-order valence-corrected chi connectivity index (χ3v) is 4.39. The van der Waals surface area contributed by atoms with E-state index in [9.17, 15) is 5.11 Å². The van der Waals surface area contributed by atoms with Gasteiger partial charge in [0.05, 0.1) is 0 Å². The summed E-state index contributed by atoms with van der Waals surface area (Å²) >= 11 is 0. The average Bonchev–Trinajstić information content (AvgIpc) is 2.46. The highest BCUT2D eigenvalue weighted by molar-refractivity contribution is 5.31. The van der Waals surface area contributed by atoms with Gasteiger partial charge in [0.15, 0.2) is 0 Å². The number of hydrogen-bond donors (Lipinski definition) is 2. The van der Waals surface area contributed by atoms with E-state index in [2.05, 4.69) is 24.1 Å². The Hall–Kier alpha value is -1.06. The molecule has 1 aliphatic heterocycles. The number of phenols is 1. The lowest BCUT2D eigenvalue weighted by atomic mass is 9.90. The summed E-state index contributed by atoms with van der Waals surface area (Å²) in [6, 6.07) is 8.08. The number of likely N-dealkylation sites (tertiary alicyclic amines) is 1. The number of phenolic OH excluding ortho intramolecular Hbond substituents is 1. The van der Waals surface area contributed by atoms with Gasteiger partial charge in [0, 0.05) is 18.2 Å². The number of para-hydroxylation sites is 1. The van der Waals surface area contributed by atoms with Crippen LogP contribution in [-0.4, -0.2) is 35.7 Å². The van der Waals surface area contributed by atoms with Crippen molar-refractivity contribution in [3.05, 3.63) is 29.8 Å². The second-order valence-corrected chi connectivity index (χ2v) is 5.57. The first-order valence-corrected chi connectivity index (χ1v) is 7.43. The van der Waals surface area contributed by atoms with Crippen LogP contribution in [0.3, 0.4) is 0 Å². The number of aromatic hydroxyl groups is 1. The first-order chi connectivity index (χ1) is 9.20. The molecule has 2 rings (SSSR count). The molecular formula is C16H26N2O. The van der Waals surface area contributed by atoms with Gasteiger partial charge in [0.2, 0.25) is 0 Å². The minimum atomic E-state index is 0.392. The zero-order chi connectivity index (χ0) is 13.7. The van der Waals surface area contributed by atoms with Crippen LogP contribution in [0.5, 0.6) is 5.75 Å². The summed E-state index contributed by atoms with van der Waals surface area (Å²) in [5, 5.41) is 13.3. The molecule has 1 heterocycles. The maximum absolute atomic E-state index is 9.75. The molecule has 0 saturated carbocycles. The second kappa shape index (κ2) is 6.92. The zero-order valence-corrected chi connectivity index (χ0v) is 12.1. The largest absolute Gasteiger partial charge is 0.508 e. The van der Waals surface area contributed by atoms with Gasteiger partial charge in [-0.1, -0.05) is 25.1 Å². The van der Waals surface area contributed by atoms with Crippen LogP contribution in [0.25, 0.3) is 0 Å². The fraction of sp³-hybridized carbons (Fsp3) is 0.625. The Bertz CT molecular complexity index is 386. The normalized spacial score (nSPS) is 19.5. The molecule has 0 radical (unpaired) electrons. The Morgan fingerprint density at radius 2 is 2.00 bits per heavy atom. The van der Waals surface area contributed by atoms with Gasteiger partial charge in [0.1, 0.15) is 5.75 Å². The minimum absolute atomic E-state index is 0.392. The standard InChI is InChI=1S/C16H26N2O/c1-3-18-10-8-14(9-11-18)13(2)17-12-15-6-4-5-7-16(15)19/h4-7,13-14,17,19H,3,8-12H2,1-2H3. The highest BCUT2D eigenvalue weighted by Crippen LogP contribution is 2.21. The van der Waals surface area contributed by atoms with Crippen molar-refractivity contribution in [1.82, 2.24) is 10.2 Å². The van der Waals surface area contributed by atoms with Crippen LogP contribution in [0, 0.1) is 5.92 Å². The van der Waals surface area contributed by atoms with Gasteiger partial charge < -0.3 is 15.3 Å². The fourth-order valence-electron chi connectivity index (χ4n) is 2.87. The van der Waals surface area contributed by atoms with E-state index in [0.717, 1.165) is 18.0 Å². The van der Waals surface area contributed by atoms with Crippen LogP contribution in [0.2, 0.25) is 0 Å². The molecule has 1 aromatic rings. The Labute approximate surface area is 116 Å². The van der Waals surface area contributed by atoms with Gasteiger partial charge in [-0.3, -0.25) is 0 Å². The molecule has 106 valence electrons. The maximum Gasteiger partial charge on any atom is 0.120 e. The lowest BCUT2D eigenvalue weighted by Gasteiger charge is -2.34. The van der Waals surface area contributed by atoms with Crippen molar-refractivity contribution in [2.45, 2.75) is 39.3 Å². The van der Waals surface area contributed by atoms with Gasteiger partial charge in [-0.15, -0.1) is 0 Å². The van der Waals surface area contributed by atoms with E-state index in [0.29, 0.717) is 11.8 Å². The Balaban J connectivity index is 1.79. The molecule has 0 aliphatic carbocycles. The van der Waals surface area contributed by atoms with Crippen LogP contribution in [0.4, 0.5) is 0 Å². The van der Waals surface area contributed by atoms with Gasteiger partial charge in [-0.25, -0.2) is 0 Å². The first kappa shape index (κ1) is 14.4. The molecule has 3 heteroatoms. The van der Waals surface area contributed by atoms with Crippen molar-refractivity contribution in [3.8, 4) is 5.75 Å². The predicted molar refractivity (Wildman–Crippen MR) is 79.2 cm³/mol. The molecule has 1 unspecified atom stereocenters. The summed E-state index contributed by atoms with van der Waals surface area (Å²) in [5.74, 6) is 1.15. The van der Waals surface area contributed by atoms with E-state index in [-0.39, 0.29) is 0 Å². The SMILES string of the molecule is CCN1CCC(C(C)NCc2ccccc2O)CC1. The van der Waals surface area contributed by atoms with Crippen LogP contribution in [-0.2, 0) is 6.54 Å². The summed E-state index contributed by atoms with van der Waals surface area (Å²) in [7, 11) is 0. The molecule has 0 bridgehead atoms. The van der Waals surface area contributed by atoms with E-state index in [1.54, 1.807) is 6.07 Å². The van der Waals surface area contributed by atoms with E-state index in [4.69, 9.17) is 0 Å². The van der Waals surface area contributed by atoms with Crippen molar-refractivity contribution in [2.75, 3.05) is 19.6 Å². The molecule has 1 aliphatic rings. The van der Waals surface area contributed by atoms with Gasteiger partial charge >= 0.3 is 0 Å². The van der Waals surface area contributed by atoms with Crippen LogP contribution in [0.15, 0.2) is 24.3 Å². The topological polar surface area (TPSA) is 35.5 Å². The molecule has 1 atom stereocenters. The van der Waals surface area contributed by atoms with E-state index >= 15 is 0 Å². The van der Waals surface area contributed by atoms with E-state index < -0.39 is 0 Å². The monoisotopic (exact) mass is 262 g/mol. The molecule has 3 nitrogen and oxygen atoms in total. The van der Waals surface area contributed by atoms with Crippen molar-refractivity contribution in [1.29, 1.82) is 0 Å². The first-order valence-electron chi connectivity index (χ1n) is 7.43. The molecule has 1 saturated heterocycles. The Morgan fingerprint density at radius 3 is 2.63 bits per heavy atom. The third kappa shape index (κ3) is 3.95. The Morgan fingerprint density at radius 1 is 1.32 bits per heavy atom. The average molecular weight is 262 g/mol. The number of benzene rings is 1. The van der Waals surface area contributed by atoms with E-state index in [1.807, 2.05) is 18.2 Å². The van der Waals surface area contributed by atoms with Crippen LogP contribution < -0.4 is 5.32 Å². The minimum Gasteiger partial charge on any atom is -0.508 e. The molecular weight excluding hydrogens is 236 g/mol. The Kier molecular flexibility index (Phi) is 5.23. The highest BCUT2D eigenvalue weighted by Gasteiger charge is 2.22. The van der Waals surface area contributed by atoms with Crippen LogP contribution in [0.1, 0.15) is 32.3 Å². The fourth-order valence-corrected chi connectivity index (χ4v) is 2.87. The summed E-state index contributed by atoms with van der Waals surface area (Å²) in [6.07, 6.45) is 2.56. The zero-order valence-electron chi connectivity index (χ0n) is 12.1. The van der Waals surface area contributed by atoms with Gasteiger partial charge in [-0.2, -0.15) is 0 Å². The third-order valence-electron chi connectivity index (χ3n) is 4.39. The maximum atomic E-state index is 9.75. The van der Waals surface area contributed by atoms with Crippen LogP contribution >= 0.6 is 0 Å². The lowest BCUT2D eigenvalue weighted by Crippen LogP contribution is -2.41. The van der Waals surface area contributed by atoms with Gasteiger partial charge in [-0.05, 0) is 51.4 Å². The number of piperidine rings is 1. The number of rotatable bonds is 5. The predicted octanol–water partition coefficient (Wildman–Crippen LogP) is 2.60. The van der Waals surface area contributed by atoms with E-state index in [1.165, 1.54) is 32.5 Å². The van der Waals surface area contributed by atoms with Crippen molar-refractivity contribution in [2.24, 2.45) is 5.92 Å². The summed E-state index contributed by atoms with van der Waals surface area (Å²) in [5.41, 5.74) is 0.986. The van der Waals surface area contributed by atoms with Crippen molar-refractivity contribution in [3.63, 3.8) is 0 Å². The molecule has 19 heavy (non-hydrogen) atoms. The number of nitrogens with zero attached hydrogens (tertiary/aromatic N) is 1. The quantitative estimate of drug-likeness (QED) is 0.856. The highest BCUT2D eigenvalue weighted by atomic mass is 16.3.